The Labute approximate surface area is 69.6 Å². The Morgan fingerprint density at radius 1 is 1.00 bits per heavy atom. The van der Waals surface area contributed by atoms with Crippen molar-refractivity contribution < 1.29 is 0 Å². The van der Waals surface area contributed by atoms with Crippen LogP contribution in [-0.4, -0.2) is 0 Å². The lowest BCUT2D eigenvalue weighted by Gasteiger charge is -1.82. The molecule has 0 aromatic heterocycles. The normalized spacial score (nSPS) is 9.60. The smallest absolute Gasteiger partial charge is 0.0149 e. The summed E-state index contributed by atoms with van der Waals surface area (Å²) in [5.41, 5.74) is 1.27. The van der Waals surface area contributed by atoms with E-state index in [0.717, 1.165) is 5.03 Å². The van der Waals surface area contributed by atoms with Gasteiger partial charge in [-0.2, -0.15) is 0 Å². The molecule has 0 nitrogen and oxygen atoms in total. The quantitative estimate of drug-likeness (QED) is 0.507. The summed E-state index contributed by atoms with van der Waals surface area (Å²) in [5.74, 6) is 0. The van der Waals surface area contributed by atoms with Crippen molar-refractivity contribution in [3.05, 3.63) is 22.8 Å². The Hall–Kier alpha value is -0.230. The minimum Gasteiger partial charge on any atom is -0.0895 e. The van der Waals surface area contributed by atoms with Crippen molar-refractivity contribution in [1.29, 1.82) is 0 Å². The first-order valence-electron chi connectivity index (χ1n) is 3.60. The molecular weight excluding hydrogens is 144 g/mol. The Bertz CT molecular complexity index is 96.7. The molecule has 0 radical (unpaired) electrons. The van der Waals surface area contributed by atoms with Gasteiger partial charge in [0.1, 0.15) is 0 Å². The van der Waals surface area contributed by atoms with Crippen molar-refractivity contribution in [2.24, 2.45) is 0 Å². The second-order valence-electron chi connectivity index (χ2n) is 2.00. The lowest BCUT2D eigenvalue weighted by molar-refractivity contribution is 1.39. The molecule has 0 unspecified atom stereocenters. The summed E-state index contributed by atoms with van der Waals surface area (Å²) in [6.45, 7) is 9.94. The molecule has 0 atom stereocenters. The first kappa shape index (κ1) is 12.4. The molecule has 0 aromatic rings. The van der Waals surface area contributed by atoms with Crippen LogP contribution in [0.25, 0.3) is 0 Å². The predicted octanol–water partition coefficient (Wildman–Crippen LogP) is 4.12. The van der Waals surface area contributed by atoms with E-state index >= 15 is 0 Å². The van der Waals surface area contributed by atoms with Gasteiger partial charge < -0.3 is 0 Å². The number of hydrogen-bond acceptors (Lipinski definition) is 0. The Morgan fingerprint density at radius 3 is 1.50 bits per heavy atom. The van der Waals surface area contributed by atoms with E-state index in [0.29, 0.717) is 0 Å². The van der Waals surface area contributed by atoms with Crippen LogP contribution in [0.15, 0.2) is 22.8 Å². The molecule has 60 valence electrons. The molecule has 0 saturated heterocycles. The molecule has 0 aliphatic heterocycles. The van der Waals surface area contributed by atoms with Crippen molar-refractivity contribution in [1.82, 2.24) is 0 Å². The first-order valence-corrected chi connectivity index (χ1v) is 3.98. The largest absolute Gasteiger partial charge is 0.0895 e. The van der Waals surface area contributed by atoms with Gasteiger partial charge >= 0.3 is 0 Å². The first-order chi connectivity index (χ1) is 4.63. The minimum absolute atomic E-state index is 0.825. The van der Waals surface area contributed by atoms with Crippen LogP contribution in [-0.2, 0) is 0 Å². The van der Waals surface area contributed by atoms with E-state index in [1.165, 1.54) is 5.57 Å². The van der Waals surface area contributed by atoms with Gasteiger partial charge in [-0.3, -0.25) is 0 Å². The van der Waals surface area contributed by atoms with E-state index in [2.05, 4.69) is 0 Å². The summed E-state index contributed by atoms with van der Waals surface area (Å²) < 4.78 is 0. The van der Waals surface area contributed by atoms with Crippen LogP contribution in [0, 0.1) is 0 Å². The highest BCUT2D eigenvalue weighted by Gasteiger charge is 1.74. The lowest BCUT2D eigenvalue weighted by Crippen LogP contribution is -1.60. The highest BCUT2D eigenvalue weighted by Crippen LogP contribution is 1.99. The van der Waals surface area contributed by atoms with Gasteiger partial charge in [0.05, 0.1) is 0 Å². The zero-order valence-corrected chi connectivity index (χ0v) is 8.29. The van der Waals surface area contributed by atoms with Gasteiger partial charge in [-0.1, -0.05) is 37.1 Å². The minimum atomic E-state index is 0.825. The van der Waals surface area contributed by atoms with Crippen LogP contribution in [0.1, 0.15) is 34.6 Å². The molecule has 1 heteroatoms. The molecule has 0 spiro atoms. The molecule has 0 amide bonds. The van der Waals surface area contributed by atoms with Crippen molar-refractivity contribution in [2.45, 2.75) is 34.6 Å². The van der Waals surface area contributed by atoms with Crippen molar-refractivity contribution in [2.75, 3.05) is 0 Å². The van der Waals surface area contributed by atoms with Crippen molar-refractivity contribution >= 4 is 11.6 Å². The second-order valence-corrected chi connectivity index (χ2v) is 2.59. The van der Waals surface area contributed by atoms with E-state index < -0.39 is 0 Å². The zero-order chi connectivity index (χ0) is 8.57. The third-order valence-electron chi connectivity index (χ3n) is 0.646. The standard InChI is InChI=1S/C7H11Cl.C2H6/c1-6(2)4-5-7(3)8;1-2/h4-5H,1-3H3;1-2H3/b7-5+;. The number of allylic oxidation sites excluding steroid dienone is 4. The van der Waals surface area contributed by atoms with E-state index in [1.54, 1.807) is 0 Å². The Balaban J connectivity index is 0. The van der Waals surface area contributed by atoms with Crippen LogP contribution in [0.3, 0.4) is 0 Å². The molecule has 0 aliphatic rings. The molecule has 0 heterocycles. The summed E-state index contributed by atoms with van der Waals surface area (Å²) in [5, 5.41) is 0.825. The van der Waals surface area contributed by atoms with E-state index in [4.69, 9.17) is 11.6 Å². The second kappa shape index (κ2) is 8.77. The average molecular weight is 161 g/mol. The predicted molar refractivity (Wildman–Crippen MR) is 50.4 cm³/mol. The maximum absolute atomic E-state index is 5.54. The van der Waals surface area contributed by atoms with Crippen LogP contribution in [0.2, 0.25) is 0 Å². The molecule has 0 rings (SSSR count). The van der Waals surface area contributed by atoms with Crippen LogP contribution in [0.4, 0.5) is 0 Å². The van der Waals surface area contributed by atoms with Gasteiger partial charge in [0.2, 0.25) is 0 Å². The van der Waals surface area contributed by atoms with Gasteiger partial charge in [-0.05, 0) is 26.8 Å². The van der Waals surface area contributed by atoms with E-state index in [1.807, 2.05) is 46.8 Å². The third-order valence-corrected chi connectivity index (χ3v) is 0.772. The summed E-state index contributed by atoms with van der Waals surface area (Å²) in [7, 11) is 0. The van der Waals surface area contributed by atoms with Crippen molar-refractivity contribution in [3.63, 3.8) is 0 Å². The zero-order valence-electron chi connectivity index (χ0n) is 7.53. The van der Waals surface area contributed by atoms with Gasteiger partial charge in [0.15, 0.2) is 0 Å². The van der Waals surface area contributed by atoms with Crippen LogP contribution < -0.4 is 0 Å². The Morgan fingerprint density at radius 2 is 1.40 bits per heavy atom. The molecule has 0 aromatic carbocycles. The maximum Gasteiger partial charge on any atom is 0.0149 e. The fraction of sp³-hybridized carbons (Fsp3) is 0.556. The summed E-state index contributed by atoms with van der Waals surface area (Å²) >= 11 is 5.54. The summed E-state index contributed by atoms with van der Waals surface area (Å²) in [4.78, 5) is 0. The fourth-order valence-electron chi connectivity index (χ4n) is 0.281. The highest BCUT2D eigenvalue weighted by atomic mass is 35.5. The van der Waals surface area contributed by atoms with Gasteiger partial charge in [0, 0.05) is 5.03 Å². The van der Waals surface area contributed by atoms with E-state index in [9.17, 15) is 0 Å². The maximum atomic E-state index is 5.54. The van der Waals surface area contributed by atoms with Gasteiger partial charge in [0.25, 0.3) is 0 Å². The Kier molecular flexibility index (Phi) is 10.9. The highest BCUT2D eigenvalue weighted by molar-refractivity contribution is 6.29. The molecule has 0 fully saturated rings. The van der Waals surface area contributed by atoms with Crippen molar-refractivity contribution in [3.8, 4) is 0 Å². The number of halogens is 1. The van der Waals surface area contributed by atoms with Gasteiger partial charge in [-0.15, -0.1) is 0 Å². The topological polar surface area (TPSA) is 0 Å². The average Bonchev–Trinajstić information content (AvgIpc) is 1.89. The SMILES string of the molecule is CC.CC(C)=C/C=C(\C)Cl. The van der Waals surface area contributed by atoms with Gasteiger partial charge in [-0.25, -0.2) is 0 Å². The summed E-state index contributed by atoms with van der Waals surface area (Å²) in [6.07, 6.45) is 3.87. The fourth-order valence-corrected chi connectivity index (χ4v) is 0.344. The number of hydrogen-bond donors (Lipinski definition) is 0. The molecule has 0 aliphatic carbocycles. The molecule has 0 bridgehead atoms. The van der Waals surface area contributed by atoms with Crippen LogP contribution >= 0.6 is 11.6 Å². The summed E-state index contributed by atoms with van der Waals surface area (Å²) in [6, 6.07) is 0. The van der Waals surface area contributed by atoms with Crippen LogP contribution in [0.5, 0.6) is 0 Å². The number of rotatable bonds is 1. The molecule has 0 N–H and O–H groups in total. The monoisotopic (exact) mass is 160 g/mol. The van der Waals surface area contributed by atoms with E-state index in [-0.39, 0.29) is 0 Å². The molecular formula is C9H17Cl. The third kappa shape index (κ3) is 15.7. The molecule has 0 saturated carbocycles. The lowest BCUT2D eigenvalue weighted by atomic mass is 10.3. The molecule has 10 heavy (non-hydrogen) atoms.